The highest BCUT2D eigenvalue weighted by Crippen LogP contribution is 2.41. The first-order chi connectivity index (χ1) is 22.2. The third-order valence-electron chi connectivity index (χ3n) is 7.95. The van der Waals surface area contributed by atoms with Gasteiger partial charge in [0.15, 0.2) is 6.10 Å². The number of aliphatic imine (C=N–C) groups is 2. The number of hydrogen-bond donors (Lipinski definition) is 2. The Morgan fingerprint density at radius 3 is 2.78 bits per heavy atom. The van der Waals surface area contributed by atoms with Gasteiger partial charge in [0, 0.05) is 37.2 Å². The van der Waals surface area contributed by atoms with E-state index in [9.17, 15) is 9.59 Å². The first-order valence-electron chi connectivity index (χ1n) is 15.0. The number of carbonyl (C=O) groups is 1. The molecule has 2 aromatic heterocycles. The van der Waals surface area contributed by atoms with Crippen molar-refractivity contribution in [2.24, 2.45) is 22.8 Å². The van der Waals surface area contributed by atoms with Crippen LogP contribution in [0.4, 0.5) is 10.1 Å². The van der Waals surface area contributed by atoms with Crippen molar-refractivity contribution in [2.75, 3.05) is 11.9 Å². The first kappa shape index (κ1) is 30.7. The minimum Gasteiger partial charge on any atom is -0.459 e. The molecule has 4 aromatic rings. The Hall–Kier alpha value is -5.36. The van der Waals surface area contributed by atoms with Gasteiger partial charge in [0.2, 0.25) is 5.96 Å². The molecule has 0 radical (unpaired) electrons. The van der Waals surface area contributed by atoms with Crippen molar-refractivity contribution in [1.29, 1.82) is 0 Å². The molecule has 3 N–H and O–H groups in total. The van der Waals surface area contributed by atoms with Gasteiger partial charge in [-0.3, -0.25) is 14.0 Å². The summed E-state index contributed by atoms with van der Waals surface area (Å²) in [6.07, 6.45) is 8.97. The van der Waals surface area contributed by atoms with Crippen molar-refractivity contribution in [3.63, 3.8) is 0 Å². The number of pyridine rings is 1. The second-order valence-electron chi connectivity index (χ2n) is 11.3. The molecule has 1 saturated carbocycles. The zero-order chi connectivity index (χ0) is 32.4. The van der Waals surface area contributed by atoms with Crippen LogP contribution in [0.2, 0.25) is 0 Å². The number of nitrogens with two attached hydrogens (primary N) is 1. The van der Waals surface area contributed by atoms with E-state index in [4.69, 9.17) is 15.2 Å². The molecule has 6 rings (SSSR count). The molecule has 2 aromatic carbocycles. The number of hydrogen-bond acceptors (Lipinski definition) is 6. The molecule has 2 fully saturated rings. The van der Waals surface area contributed by atoms with Crippen LogP contribution in [0.1, 0.15) is 48.3 Å². The maximum Gasteiger partial charge on any atom is 0.335 e. The van der Waals surface area contributed by atoms with Crippen molar-refractivity contribution < 1.29 is 18.7 Å². The van der Waals surface area contributed by atoms with Crippen molar-refractivity contribution in [2.45, 2.75) is 44.3 Å². The Kier molecular flexibility index (Phi) is 8.62. The molecule has 12 heteroatoms. The maximum absolute atomic E-state index is 15.4. The zero-order valence-electron chi connectivity index (χ0n) is 25.4. The minimum absolute atomic E-state index is 0.0198. The summed E-state index contributed by atoms with van der Waals surface area (Å²) in [5, 5.41) is 7.72. The molecule has 1 unspecified atom stereocenters. The largest absolute Gasteiger partial charge is 0.459 e. The predicted octanol–water partition coefficient (Wildman–Crippen LogP) is 4.94. The minimum atomic E-state index is -0.665. The van der Waals surface area contributed by atoms with Crippen LogP contribution >= 0.6 is 0 Å². The van der Waals surface area contributed by atoms with E-state index < -0.39 is 23.4 Å². The second-order valence-corrected chi connectivity index (χ2v) is 11.3. The molecule has 0 spiro atoms. The number of amidine groups is 1. The number of halogens is 1. The van der Waals surface area contributed by atoms with Crippen LogP contribution in [0, 0.1) is 5.82 Å². The van der Waals surface area contributed by atoms with E-state index in [-0.39, 0.29) is 29.5 Å². The lowest BCUT2D eigenvalue weighted by Crippen LogP contribution is -2.24. The number of benzene rings is 2. The molecule has 236 valence electrons. The summed E-state index contributed by atoms with van der Waals surface area (Å²) in [6.45, 7) is 8.07. The third-order valence-corrected chi connectivity index (χ3v) is 7.95. The van der Waals surface area contributed by atoms with Gasteiger partial charge in [0.05, 0.1) is 28.7 Å². The molecule has 11 nitrogen and oxygen atoms in total. The van der Waals surface area contributed by atoms with Crippen LogP contribution in [0.5, 0.6) is 0 Å². The van der Waals surface area contributed by atoms with Gasteiger partial charge in [-0.15, -0.1) is 0 Å². The number of aryl methyl sites for hydroxylation is 1. The molecule has 0 amide bonds. The fourth-order valence-corrected chi connectivity index (χ4v) is 5.47. The Bertz CT molecular complexity index is 1970. The zero-order valence-corrected chi connectivity index (χ0v) is 25.4. The number of nitrogens with one attached hydrogen (secondary N) is 1. The smallest absolute Gasteiger partial charge is 0.335 e. The number of rotatable bonds is 9. The van der Waals surface area contributed by atoms with Crippen LogP contribution in [0.15, 0.2) is 89.0 Å². The molecular formula is C34H34FN7O4. The normalized spacial score (nSPS) is 16.9. The lowest BCUT2D eigenvalue weighted by molar-refractivity contribution is -0.155. The summed E-state index contributed by atoms with van der Waals surface area (Å²) in [6, 6.07) is 10.2. The highest BCUT2D eigenvalue weighted by Gasteiger charge is 2.27. The van der Waals surface area contributed by atoms with Gasteiger partial charge in [0.25, 0.3) is 5.56 Å². The van der Waals surface area contributed by atoms with Crippen LogP contribution in [-0.4, -0.2) is 44.8 Å². The second kappa shape index (κ2) is 12.9. The third kappa shape index (κ3) is 6.52. The molecular weight excluding hydrogens is 589 g/mol. The average Bonchev–Trinajstić information content (AvgIpc) is 3.58. The molecule has 0 bridgehead atoms. The van der Waals surface area contributed by atoms with Crippen molar-refractivity contribution in [3.8, 4) is 5.69 Å². The van der Waals surface area contributed by atoms with Gasteiger partial charge in [-0.1, -0.05) is 31.4 Å². The van der Waals surface area contributed by atoms with Gasteiger partial charge in [-0.05, 0) is 66.8 Å². The van der Waals surface area contributed by atoms with E-state index in [1.165, 1.54) is 16.7 Å². The fraction of sp³-hybridized carbons (Fsp3) is 0.265. The summed E-state index contributed by atoms with van der Waals surface area (Å²) < 4.78 is 29.6. The number of aromatic nitrogens is 3. The Labute approximate surface area is 264 Å². The number of fused-ring (bicyclic) bond motifs is 1. The van der Waals surface area contributed by atoms with Gasteiger partial charge < -0.3 is 20.5 Å². The van der Waals surface area contributed by atoms with E-state index in [0.717, 1.165) is 24.8 Å². The van der Waals surface area contributed by atoms with E-state index in [1.807, 2.05) is 6.07 Å². The van der Waals surface area contributed by atoms with Gasteiger partial charge in [-0.25, -0.2) is 14.2 Å². The van der Waals surface area contributed by atoms with Gasteiger partial charge >= 0.3 is 5.97 Å². The number of carbonyl (C=O) groups excluding carboxylic acids is 1. The van der Waals surface area contributed by atoms with Crippen LogP contribution in [0.3, 0.4) is 0 Å². The fourth-order valence-electron chi connectivity index (χ4n) is 5.47. The summed E-state index contributed by atoms with van der Waals surface area (Å²) >= 11 is 0. The molecule has 3 heterocycles. The molecule has 1 aliphatic heterocycles. The Morgan fingerprint density at radius 2 is 2.09 bits per heavy atom. The summed E-state index contributed by atoms with van der Waals surface area (Å²) in [7, 11) is 1.77. The summed E-state index contributed by atoms with van der Waals surface area (Å²) in [4.78, 5) is 35.6. The van der Waals surface area contributed by atoms with Crippen molar-refractivity contribution in [1.82, 2.24) is 14.3 Å². The number of nitrogens with zero attached hydrogens (tertiary/aromatic N) is 5. The standard InChI is InChI=1S/C34H34FN7O4/c1-4-30(36)40-34(39-24-17-37-41(3)18-24)38-20(2)25-7-5-8-28(26(25)19-46-33(44)29-9-6-14-45-29)42-13-12-22-15-23(21-10-11-21)16-27(35)31(22)32(42)43/h4-5,7-8,12-13,15-18,21,29H,1-2,6,9-11,14,19H2,3H3,(H3,36,38,39,40). The first-order valence-corrected chi connectivity index (χ1v) is 15.0. The van der Waals surface area contributed by atoms with Crippen LogP contribution < -0.4 is 16.6 Å². The van der Waals surface area contributed by atoms with Crippen LogP contribution in [0.25, 0.3) is 22.2 Å². The quantitative estimate of drug-likeness (QED) is 0.153. The molecule has 1 atom stereocenters. The lowest BCUT2D eigenvalue weighted by atomic mass is 10.0. The predicted molar refractivity (Wildman–Crippen MR) is 175 cm³/mol. The monoisotopic (exact) mass is 623 g/mol. The van der Waals surface area contributed by atoms with Gasteiger partial charge in [0.1, 0.15) is 18.3 Å². The molecule has 2 aliphatic rings. The van der Waals surface area contributed by atoms with E-state index in [2.05, 4.69) is 33.6 Å². The summed E-state index contributed by atoms with van der Waals surface area (Å²) in [5.41, 5.74) is 8.40. The number of esters is 1. The Morgan fingerprint density at radius 1 is 1.26 bits per heavy atom. The van der Waals surface area contributed by atoms with Crippen molar-refractivity contribution in [3.05, 3.63) is 107 Å². The molecule has 1 saturated heterocycles. The van der Waals surface area contributed by atoms with E-state index in [0.29, 0.717) is 46.8 Å². The van der Waals surface area contributed by atoms with Gasteiger partial charge in [-0.2, -0.15) is 10.1 Å². The van der Waals surface area contributed by atoms with E-state index in [1.54, 1.807) is 54.6 Å². The average molecular weight is 624 g/mol. The topological polar surface area (TPSA) is 138 Å². The maximum atomic E-state index is 15.4. The lowest BCUT2D eigenvalue weighted by Gasteiger charge is -2.18. The van der Waals surface area contributed by atoms with Crippen LogP contribution in [-0.2, 0) is 27.9 Å². The SMILES string of the molecule is C=C/C(N)=N\C(=NC(=C)c1cccc(-n2ccc3cc(C4CC4)cc(F)c3c2=O)c1COC(=O)C1CCCO1)Nc1cnn(C)c1. The molecule has 1 aliphatic carbocycles. The number of anilines is 1. The van der Waals surface area contributed by atoms with Crippen molar-refractivity contribution >= 4 is 39.9 Å². The molecule has 46 heavy (non-hydrogen) atoms. The Balaban J connectivity index is 1.44. The highest BCUT2D eigenvalue weighted by molar-refractivity contribution is 6.07. The number of ether oxygens (including phenoxy) is 2. The highest BCUT2D eigenvalue weighted by atomic mass is 19.1. The summed E-state index contributed by atoms with van der Waals surface area (Å²) in [5.74, 6) is -0.548. The number of guanidine groups is 1. The van der Waals surface area contributed by atoms with E-state index >= 15 is 4.39 Å².